The predicted octanol–water partition coefficient (Wildman–Crippen LogP) is 4.24. The number of ether oxygens (including phenoxy) is 1. The van der Waals surface area contributed by atoms with Gasteiger partial charge in [0.2, 0.25) is 0 Å². The number of hydrogen-bond donors (Lipinski definition) is 2. The summed E-state index contributed by atoms with van der Waals surface area (Å²) in [5.74, 6) is 0.193. The summed E-state index contributed by atoms with van der Waals surface area (Å²) in [5.41, 5.74) is 3.34. The zero-order valence-corrected chi connectivity index (χ0v) is 17.9. The smallest absolute Gasteiger partial charge is 0.305 e. The van der Waals surface area contributed by atoms with Crippen LogP contribution in [0.4, 0.5) is 5.82 Å². The molecule has 2 aliphatic rings. The van der Waals surface area contributed by atoms with Crippen molar-refractivity contribution in [3.63, 3.8) is 0 Å². The minimum Gasteiger partial charge on any atom is -0.481 e. The highest BCUT2D eigenvalue weighted by Crippen LogP contribution is 2.36. The van der Waals surface area contributed by atoms with E-state index in [4.69, 9.17) is 33.3 Å². The molecule has 4 rings (SSSR count). The van der Waals surface area contributed by atoms with Gasteiger partial charge in [-0.3, -0.25) is 4.79 Å². The molecule has 1 saturated heterocycles. The third kappa shape index (κ3) is 5.39. The number of hydrogen-bond acceptors (Lipinski definition) is 5. The number of carboxylic acids is 1. The van der Waals surface area contributed by atoms with Gasteiger partial charge in [-0.05, 0) is 36.1 Å². The van der Waals surface area contributed by atoms with E-state index < -0.39 is 5.97 Å². The highest BCUT2D eigenvalue weighted by molar-refractivity contribution is 6.45. The van der Waals surface area contributed by atoms with Gasteiger partial charge in [-0.15, -0.1) is 0 Å². The molecule has 8 heteroatoms. The van der Waals surface area contributed by atoms with Crippen molar-refractivity contribution in [2.24, 2.45) is 0 Å². The molecule has 1 fully saturated rings. The number of fused-ring (bicyclic) bond motifs is 1. The summed E-state index contributed by atoms with van der Waals surface area (Å²) in [7, 11) is 1.48. The minimum absolute atomic E-state index is 0.0938. The standard InChI is InChI=1S/C17H17Cl2N3.C4H8O3/c18-14-4-3-12-13(11-5-6-20-10-11)9-15(21-17(12)16(14)19)22-7-1-2-8-22;1-7-3-2-4(5)6/h3-5,9,20H,1-2,6-8,10H2;2-3H2,1H3,(H,5,6). The summed E-state index contributed by atoms with van der Waals surface area (Å²) in [4.78, 5) is 16.8. The first-order valence-corrected chi connectivity index (χ1v) is 10.4. The van der Waals surface area contributed by atoms with Gasteiger partial charge in [0.15, 0.2) is 0 Å². The molecular weight excluding hydrogens is 413 g/mol. The molecule has 0 spiro atoms. The Morgan fingerprint density at radius 3 is 2.66 bits per heavy atom. The van der Waals surface area contributed by atoms with Crippen molar-refractivity contribution in [2.45, 2.75) is 19.3 Å². The highest BCUT2D eigenvalue weighted by atomic mass is 35.5. The van der Waals surface area contributed by atoms with E-state index in [1.807, 2.05) is 12.1 Å². The van der Waals surface area contributed by atoms with E-state index in [1.54, 1.807) is 0 Å². The summed E-state index contributed by atoms with van der Waals surface area (Å²) >= 11 is 12.6. The lowest BCUT2D eigenvalue weighted by Crippen LogP contribution is -2.19. The molecule has 3 heterocycles. The van der Waals surface area contributed by atoms with E-state index >= 15 is 0 Å². The zero-order valence-electron chi connectivity index (χ0n) is 16.4. The van der Waals surface area contributed by atoms with Crippen LogP contribution in [0.2, 0.25) is 10.0 Å². The zero-order chi connectivity index (χ0) is 20.8. The Labute approximate surface area is 180 Å². The summed E-state index contributed by atoms with van der Waals surface area (Å²) in [6, 6.07) is 6.09. The largest absolute Gasteiger partial charge is 0.481 e. The van der Waals surface area contributed by atoms with Gasteiger partial charge >= 0.3 is 5.97 Å². The second kappa shape index (κ2) is 10.3. The fraction of sp³-hybridized carbons (Fsp3) is 0.429. The van der Waals surface area contributed by atoms with Gasteiger partial charge < -0.3 is 20.1 Å². The summed E-state index contributed by atoms with van der Waals surface area (Å²) in [5, 5.41) is 13.5. The first-order valence-electron chi connectivity index (χ1n) is 9.66. The van der Waals surface area contributed by atoms with Crippen molar-refractivity contribution in [1.82, 2.24) is 10.3 Å². The lowest BCUT2D eigenvalue weighted by atomic mass is 10.0. The van der Waals surface area contributed by atoms with E-state index in [0.29, 0.717) is 16.7 Å². The first-order chi connectivity index (χ1) is 14.0. The Kier molecular flexibility index (Phi) is 7.72. The van der Waals surface area contributed by atoms with Crippen LogP contribution in [0.15, 0.2) is 24.3 Å². The second-order valence-corrected chi connectivity index (χ2v) is 7.76. The molecule has 156 valence electrons. The number of benzene rings is 1. The first kappa shape index (κ1) is 21.8. The number of aliphatic carboxylic acids is 1. The molecule has 0 radical (unpaired) electrons. The van der Waals surface area contributed by atoms with Crippen LogP contribution in [0.1, 0.15) is 24.8 Å². The molecule has 1 aromatic heterocycles. The monoisotopic (exact) mass is 437 g/mol. The molecule has 0 aliphatic carbocycles. The molecule has 2 aliphatic heterocycles. The van der Waals surface area contributed by atoms with Crippen LogP contribution in [-0.2, 0) is 9.53 Å². The van der Waals surface area contributed by atoms with Crippen LogP contribution in [0.5, 0.6) is 0 Å². The predicted molar refractivity (Wildman–Crippen MR) is 118 cm³/mol. The van der Waals surface area contributed by atoms with Crippen molar-refractivity contribution in [2.75, 3.05) is 44.8 Å². The summed E-state index contributed by atoms with van der Waals surface area (Å²) < 4.78 is 4.47. The van der Waals surface area contributed by atoms with Gasteiger partial charge in [-0.25, -0.2) is 4.98 Å². The molecule has 1 aromatic carbocycles. The molecule has 0 amide bonds. The molecule has 6 nitrogen and oxygen atoms in total. The Bertz CT molecular complexity index is 912. The van der Waals surface area contributed by atoms with Gasteiger partial charge in [-0.1, -0.05) is 35.3 Å². The third-order valence-electron chi connectivity index (χ3n) is 4.96. The number of carbonyl (C=O) groups is 1. The van der Waals surface area contributed by atoms with Gasteiger partial charge in [0.25, 0.3) is 0 Å². The molecule has 0 bridgehead atoms. The van der Waals surface area contributed by atoms with Gasteiger partial charge in [-0.2, -0.15) is 0 Å². The maximum atomic E-state index is 9.68. The van der Waals surface area contributed by atoms with E-state index in [9.17, 15) is 4.79 Å². The third-order valence-corrected chi connectivity index (χ3v) is 5.76. The SMILES string of the molecule is COCCC(=O)O.Clc1ccc2c(C3=CCNC3)cc(N3CCCC3)nc2c1Cl. The van der Waals surface area contributed by atoms with Crippen LogP contribution in [0.25, 0.3) is 16.5 Å². The van der Waals surface area contributed by atoms with Gasteiger partial charge in [0, 0.05) is 38.7 Å². The van der Waals surface area contributed by atoms with E-state index in [-0.39, 0.29) is 6.42 Å². The van der Waals surface area contributed by atoms with Crippen molar-refractivity contribution in [3.8, 4) is 0 Å². The Morgan fingerprint density at radius 1 is 1.31 bits per heavy atom. The van der Waals surface area contributed by atoms with Crippen LogP contribution in [-0.4, -0.2) is 56.0 Å². The second-order valence-electron chi connectivity index (χ2n) is 6.98. The number of nitrogens with zero attached hydrogens (tertiary/aromatic N) is 2. The number of carboxylic acid groups (broad SMARTS) is 1. The molecule has 0 atom stereocenters. The van der Waals surface area contributed by atoms with Gasteiger partial charge in [0.05, 0.1) is 28.6 Å². The number of nitrogens with one attached hydrogen (secondary N) is 1. The molecule has 0 saturated carbocycles. The number of halogens is 2. The maximum Gasteiger partial charge on any atom is 0.305 e. The minimum atomic E-state index is -0.818. The normalized spacial score (nSPS) is 16.0. The molecule has 2 aromatic rings. The lowest BCUT2D eigenvalue weighted by molar-refractivity contribution is -0.137. The fourth-order valence-electron chi connectivity index (χ4n) is 3.46. The van der Waals surface area contributed by atoms with Crippen LogP contribution in [0.3, 0.4) is 0 Å². The number of pyridine rings is 1. The van der Waals surface area contributed by atoms with Crippen molar-refractivity contribution >= 4 is 51.5 Å². The molecule has 29 heavy (non-hydrogen) atoms. The number of aromatic nitrogens is 1. The van der Waals surface area contributed by atoms with Crippen molar-refractivity contribution in [3.05, 3.63) is 39.9 Å². The van der Waals surface area contributed by atoms with Crippen molar-refractivity contribution in [1.29, 1.82) is 0 Å². The molecule has 2 N–H and O–H groups in total. The average molecular weight is 438 g/mol. The Balaban J connectivity index is 0.000000298. The van der Waals surface area contributed by atoms with Crippen molar-refractivity contribution < 1.29 is 14.6 Å². The topological polar surface area (TPSA) is 74.7 Å². The summed E-state index contributed by atoms with van der Waals surface area (Å²) in [6.07, 6.45) is 4.78. The Hall–Kier alpha value is -1.86. The number of rotatable bonds is 5. The van der Waals surface area contributed by atoms with Gasteiger partial charge in [0.1, 0.15) is 5.82 Å². The maximum absolute atomic E-state index is 9.68. The van der Waals surface area contributed by atoms with E-state index in [2.05, 4.69) is 27.1 Å². The van der Waals surface area contributed by atoms with Crippen LogP contribution in [0, 0.1) is 0 Å². The highest BCUT2D eigenvalue weighted by Gasteiger charge is 2.20. The Morgan fingerprint density at radius 2 is 2.07 bits per heavy atom. The fourth-order valence-corrected chi connectivity index (χ4v) is 3.82. The number of anilines is 1. The lowest BCUT2D eigenvalue weighted by Gasteiger charge is -2.19. The van der Waals surface area contributed by atoms with E-state index in [0.717, 1.165) is 42.9 Å². The molecule has 0 unspecified atom stereocenters. The van der Waals surface area contributed by atoms with Crippen LogP contribution < -0.4 is 10.2 Å². The summed E-state index contributed by atoms with van der Waals surface area (Å²) in [6.45, 7) is 4.23. The average Bonchev–Trinajstić information content (AvgIpc) is 3.43. The van der Waals surface area contributed by atoms with Crippen LogP contribution >= 0.6 is 23.2 Å². The van der Waals surface area contributed by atoms with E-state index in [1.165, 1.54) is 31.1 Å². The quantitative estimate of drug-likeness (QED) is 0.728. The molecular formula is C21H25Cl2N3O3. The number of methoxy groups -OCH3 is 1.